The molecule has 3 rings (SSSR count). The molecule has 150 valence electrons. The van der Waals surface area contributed by atoms with Gasteiger partial charge >= 0.3 is 0 Å². The molecule has 0 aliphatic heterocycles. The highest BCUT2D eigenvalue weighted by Gasteiger charge is 2.22. The number of anilines is 1. The van der Waals surface area contributed by atoms with E-state index in [1.54, 1.807) is 6.07 Å². The van der Waals surface area contributed by atoms with Gasteiger partial charge in [0.25, 0.3) is 10.0 Å². The highest BCUT2D eigenvalue weighted by Crippen LogP contribution is 2.28. The molecule has 0 fully saturated rings. The molecule has 0 amide bonds. The van der Waals surface area contributed by atoms with Gasteiger partial charge in [-0.2, -0.15) is 5.26 Å². The fourth-order valence-corrected chi connectivity index (χ4v) is 4.04. The maximum atomic E-state index is 14.8. The van der Waals surface area contributed by atoms with Crippen LogP contribution in [0.5, 0.6) is 0 Å². The minimum atomic E-state index is -4.32. The lowest BCUT2D eigenvalue weighted by molar-refractivity contribution is 0.578. The summed E-state index contributed by atoms with van der Waals surface area (Å²) in [5.74, 6) is 2.41. The van der Waals surface area contributed by atoms with E-state index in [0.29, 0.717) is 0 Å². The fourth-order valence-electron chi connectivity index (χ4n) is 2.21. The van der Waals surface area contributed by atoms with E-state index < -0.39 is 32.9 Å². The van der Waals surface area contributed by atoms with Crippen molar-refractivity contribution in [2.75, 3.05) is 4.72 Å². The van der Waals surface area contributed by atoms with Gasteiger partial charge in [-0.15, -0.1) is 0 Å². The van der Waals surface area contributed by atoms with Gasteiger partial charge in [0.05, 0.1) is 21.8 Å². The molecule has 0 saturated heterocycles. The molecular formula is C19H8Cl2F2N4O2S. The van der Waals surface area contributed by atoms with Crippen LogP contribution in [0.15, 0.2) is 47.6 Å². The minimum Gasteiger partial charge on any atom is -0.277 e. The summed E-state index contributed by atoms with van der Waals surface area (Å²) in [6.45, 7) is 0. The summed E-state index contributed by atoms with van der Waals surface area (Å²) >= 11 is 11.7. The average molecular weight is 465 g/mol. The molecule has 0 aliphatic rings. The third-order valence-corrected chi connectivity index (χ3v) is 5.68. The van der Waals surface area contributed by atoms with E-state index in [1.165, 1.54) is 24.5 Å². The lowest BCUT2D eigenvalue weighted by Crippen LogP contribution is -2.15. The number of rotatable bonds is 3. The number of nitriles is 1. The van der Waals surface area contributed by atoms with Gasteiger partial charge in [0.15, 0.2) is 5.82 Å². The molecule has 1 heterocycles. The maximum Gasteiger partial charge on any atom is 0.263 e. The largest absolute Gasteiger partial charge is 0.277 e. The minimum absolute atomic E-state index is 0.0889. The van der Waals surface area contributed by atoms with Gasteiger partial charge in [0.2, 0.25) is 5.82 Å². The van der Waals surface area contributed by atoms with Gasteiger partial charge in [-0.25, -0.2) is 27.2 Å². The molecule has 11 heteroatoms. The third kappa shape index (κ3) is 4.66. The van der Waals surface area contributed by atoms with Crippen LogP contribution in [0.4, 0.5) is 14.5 Å². The molecule has 0 bridgehead atoms. The summed E-state index contributed by atoms with van der Waals surface area (Å²) in [7, 11) is -4.32. The Bertz CT molecular complexity index is 1350. The predicted octanol–water partition coefficient (Wildman–Crippen LogP) is 4.13. The second-order valence-corrected chi connectivity index (χ2v) is 8.12. The van der Waals surface area contributed by atoms with Crippen molar-refractivity contribution in [3.05, 3.63) is 81.4 Å². The van der Waals surface area contributed by atoms with Crippen molar-refractivity contribution in [1.82, 2.24) is 9.97 Å². The second kappa shape index (κ2) is 8.64. The van der Waals surface area contributed by atoms with Gasteiger partial charge in [0.1, 0.15) is 16.8 Å². The lowest BCUT2D eigenvalue weighted by Gasteiger charge is -2.11. The van der Waals surface area contributed by atoms with Crippen LogP contribution in [0.25, 0.3) is 0 Å². The van der Waals surface area contributed by atoms with E-state index in [1.807, 2.05) is 4.72 Å². The monoisotopic (exact) mass is 464 g/mol. The van der Waals surface area contributed by atoms with Crippen molar-refractivity contribution >= 4 is 38.9 Å². The quantitative estimate of drug-likeness (QED) is 0.587. The van der Waals surface area contributed by atoms with E-state index >= 15 is 0 Å². The zero-order chi connectivity index (χ0) is 21.9. The van der Waals surface area contributed by atoms with Gasteiger partial charge in [-0.1, -0.05) is 35.0 Å². The van der Waals surface area contributed by atoms with E-state index in [-0.39, 0.29) is 26.3 Å². The normalized spacial score (nSPS) is 10.6. The molecule has 0 saturated carbocycles. The van der Waals surface area contributed by atoms with Crippen molar-refractivity contribution < 1.29 is 17.2 Å². The van der Waals surface area contributed by atoms with Crippen LogP contribution in [0, 0.1) is 34.8 Å². The average Bonchev–Trinajstić information content (AvgIpc) is 2.72. The topological polar surface area (TPSA) is 95.7 Å². The van der Waals surface area contributed by atoms with E-state index in [9.17, 15) is 17.2 Å². The number of benzene rings is 2. The van der Waals surface area contributed by atoms with Crippen molar-refractivity contribution in [2.24, 2.45) is 0 Å². The molecule has 0 unspecified atom stereocenters. The molecule has 0 spiro atoms. The Morgan fingerprint density at radius 2 is 1.73 bits per heavy atom. The van der Waals surface area contributed by atoms with Crippen molar-refractivity contribution in [3.8, 4) is 17.9 Å². The smallest absolute Gasteiger partial charge is 0.263 e. The predicted molar refractivity (Wildman–Crippen MR) is 106 cm³/mol. The number of hydrogen-bond donors (Lipinski definition) is 1. The van der Waals surface area contributed by atoms with Gasteiger partial charge in [-0.3, -0.25) is 4.72 Å². The van der Waals surface area contributed by atoms with Crippen molar-refractivity contribution in [1.29, 1.82) is 5.26 Å². The summed E-state index contributed by atoms with van der Waals surface area (Å²) in [4.78, 5) is 7.01. The lowest BCUT2D eigenvalue weighted by atomic mass is 10.1. The highest BCUT2D eigenvalue weighted by molar-refractivity contribution is 7.92. The van der Waals surface area contributed by atoms with Crippen molar-refractivity contribution in [3.63, 3.8) is 0 Å². The fraction of sp³-hybridized carbons (Fsp3) is 0. The Morgan fingerprint density at radius 3 is 2.40 bits per heavy atom. The molecule has 6 nitrogen and oxygen atoms in total. The summed E-state index contributed by atoms with van der Waals surface area (Å²) in [6, 6.07) is 7.26. The number of aromatic nitrogens is 2. The van der Waals surface area contributed by atoms with Crippen LogP contribution in [0.1, 0.15) is 17.0 Å². The van der Waals surface area contributed by atoms with Crippen LogP contribution >= 0.6 is 23.2 Å². The Morgan fingerprint density at radius 1 is 1.03 bits per heavy atom. The first-order valence-corrected chi connectivity index (χ1v) is 10.1. The first kappa shape index (κ1) is 21.5. The number of nitrogens with one attached hydrogen (secondary N) is 1. The first-order chi connectivity index (χ1) is 14.2. The van der Waals surface area contributed by atoms with E-state index in [0.717, 1.165) is 18.2 Å². The molecule has 3 aromatic rings. The number of sulfonamides is 1. The SMILES string of the molecule is N#Cc1ncc(C#Cc2c(F)ccc(NS(=O)(=O)c3cc(Cl)ccc3Cl)c2F)cn1. The van der Waals surface area contributed by atoms with Crippen LogP contribution < -0.4 is 4.72 Å². The Labute approximate surface area is 180 Å². The van der Waals surface area contributed by atoms with E-state index in [2.05, 4.69) is 21.8 Å². The van der Waals surface area contributed by atoms with Crippen LogP contribution in [0.2, 0.25) is 10.0 Å². The molecule has 0 aliphatic carbocycles. The summed E-state index contributed by atoms with van der Waals surface area (Å²) in [5, 5.41) is 8.64. The summed E-state index contributed by atoms with van der Waals surface area (Å²) < 4.78 is 56.0. The van der Waals surface area contributed by atoms with Gasteiger partial charge in [0, 0.05) is 17.4 Å². The van der Waals surface area contributed by atoms with E-state index in [4.69, 9.17) is 28.5 Å². The van der Waals surface area contributed by atoms with Crippen LogP contribution in [-0.2, 0) is 10.0 Å². The van der Waals surface area contributed by atoms with Crippen molar-refractivity contribution in [2.45, 2.75) is 4.90 Å². The Balaban J connectivity index is 1.98. The van der Waals surface area contributed by atoms with Gasteiger partial charge in [-0.05, 0) is 30.3 Å². The first-order valence-electron chi connectivity index (χ1n) is 7.91. The number of nitrogens with zero attached hydrogens (tertiary/aromatic N) is 3. The highest BCUT2D eigenvalue weighted by atomic mass is 35.5. The van der Waals surface area contributed by atoms with Crippen LogP contribution in [0.3, 0.4) is 0 Å². The Hall–Kier alpha value is -3.24. The Kier molecular flexibility index (Phi) is 6.18. The maximum absolute atomic E-state index is 14.8. The second-order valence-electron chi connectivity index (χ2n) is 5.62. The molecule has 2 aromatic carbocycles. The third-order valence-electron chi connectivity index (χ3n) is 3.60. The number of halogens is 4. The molecular weight excluding hydrogens is 457 g/mol. The summed E-state index contributed by atoms with van der Waals surface area (Å²) in [6.07, 6.45) is 2.42. The molecule has 0 atom stereocenters. The molecule has 1 N–H and O–H groups in total. The zero-order valence-electron chi connectivity index (χ0n) is 14.6. The van der Waals surface area contributed by atoms with Crippen LogP contribution in [-0.4, -0.2) is 18.4 Å². The van der Waals surface area contributed by atoms with Gasteiger partial charge < -0.3 is 0 Å². The zero-order valence-corrected chi connectivity index (χ0v) is 16.9. The standard InChI is InChI=1S/C19H8Cl2F2N4O2S/c20-12-2-4-14(21)17(7-12)30(28,29)27-16-6-5-15(22)13(19(16)23)3-1-11-9-25-18(8-24)26-10-11/h2,4-7,9-10,27H. The summed E-state index contributed by atoms with van der Waals surface area (Å²) in [5.41, 5.74) is -1.01. The molecule has 1 aromatic heterocycles. The molecule has 30 heavy (non-hydrogen) atoms. The molecule has 0 radical (unpaired) electrons. The number of hydrogen-bond acceptors (Lipinski definition) is 5.